The van der Waals surface area contributed by atoms with E-state index in [1.54, 1.807) is 17.0 Å². The van der Waals surface area contributed by atoms with Crippen LogP contribution in [0.4, 0.5) is 18.9 Å². The number of hydrogen-bond donors (Lipinski definition) is 2. The lowest BCUT2D eigenvalue weighted by Crippen LogP contribution is -2.56. The molecular weight excluding hydrogens is 389 g/mol. The Hall–Kier alpha value is -2.59. The van der Waals surface area contributed by atoms with Crippen molar-refractivity contribution in [2.75, 3.05) is 31.6 Å². The summed E-state index contributed by atoms with van der Waals surface area (Å²) in [7, 11) is 1.39. The molecule has 0 spiro atoms. The Morgan fingerprint density at radius 1 is 1.34 bits per heavy atom. The van der Waals surface area contributed by atoms with Gasteiger partial charge in [-0.25, -0.2) is 4.98 Å². The smallest absolute Gasteiger partial charge is 0.433 e. The fourth-order valence-corrected chi connectivity index (χ4v) is 3.71. The van der Waals surface area contributed by atoms with Gasteiger partial charge in [0.15, 0.2) is 0 Å². The summed E-state index contributed by atoms with van der Waals surface area (Å²) in [4.78, 5) is 18.7. The third-order valence-corrected chi connectivity index (χ3v) is 5.09. The van der Waals surface area contributed by atoms with E-state index in [2.05, 4.69) is 4.98 Å². The third kappa shape index (κ3) is 4.38. The summed E-state index contributed by atoms with van der Waals surface area (Å²) in [5.41, 5.74) is 5.06. The van der Waals surface area contributed by atoms with Crippen molar-refractivity contribution in [3.63, 3.8) is 0 Å². The molecule has 3 rings (SSSR count). The molecular formula is C19H23F3N4O3. The van der Waals surface area contributed by atoms with Crippen LogP contribution in [-0.2, 0) is 11.0 Å². The summed E-state index contributed by atoms with van der Waals surface area (Å²) in [6.07, 6.45) is -5.67. The number of nitrogens with zero attached hydrogens (tertiary/aromatic N) is 3. The number of carbonyl (C=O) groups excluding carboxylic acids is 1. The molecule has 1 aromatic heterocycles. The van der Waals surface area contributed by atoms with Crippen LogP contribution < -0.4 is 15.4 Å². The highest BCUT2D eigenvalue weighted by atomic mass is 19.4. The number of aromatic nitrogens is 1. The molecule has 0 bridgehead atoms. The first-order valence-corrected chi connectivity index (χ1v) is 9.13. The van der Waals surface area contributed by atoms with Crippen molar-refractivity contribution in [1.29, 1.82) is 0 Å². The zero-order valence-electron chi connectivity index (χ0n) is 16.1. The van der Waals surface area contributed by atoms with Crippen molar-refractivity contribution in [1.82, 2.24) is 9.88 Å². The van der Waals surface area contributed by atoms with Gasteiger partial charge in [-0.05, 0) is 31.2 Å². The Bertz CT molecular complexity index is 906. The summed E-state index contributed by atoms with van der Waals surface area (Å²) in [6, 6.07) is 5.66. The average Bonchev–Trinajstić information content (AvgIpc) is 2.65. The molecule has 1 unspecified atom stereocenters. The molecule has 0 saturated carbocycles. The predicted molar refractivity (Wildman–Crippen MR) is 101 cm³/mol. The van der Waals surface area contributed by atoms with Crippen LogP contribution in [0.15, 0.2) is 24.3 Å². The normalized spacial score (nSPS) is 19.4. The van der Waals surface area contributed by atoms with E-state index >= 15 is 0 Å². The number of halogens is 3. The number of anilines is 1. The molecule has 0 radical (unpaired) electrons. The number of fused-ring (bicyclic) bond motifs is 1. The average molecular weight is 412 g/mol. The van der Waals surface area contributed by atoms with Crippen LogP contribution in [0.2, 0.25) is 0 Å². The molecule has 2 atom stereocenters. The number of pyridine rings is 1. The van der Waals surface area contributed by atoms with E-state index in [1.807, 2.05) is 11.8 Å². The Labute approximate surface area is 165 Å². The molecule has 10 heteroatoms. The molecule has 1 saturated heterocycles. The summed E-state index contributed by atoms with van der Waals surface area (Å²) < 4.78 is 44.5. The number of hydrogen-bond acceptors (Lipinski definition) is 6. The Morgan fingerprint density at radius 2 is 2.07 bits per heavy atom. The van der Waals surface area contributed by atoms with Gasteiger partial charge in [0.25, 0.3) is 0 Å². The molecule has 7 nitrogen and oxygen atoms in total. The maximum Gasteiger partial charge on any atom is 0.433 e. The van der Waals surface area contributed by atoms with Crippen LogP contribution in [0, 0.1) is 0 Å². The molecule has 2 aromatic rings. The van der Waals surface area contributed by atoms with Gasteiger partial charge < -0.3 is 20.5 Å². The first-order valence-electron chi connectivity index (χ1n) is 9.13. The second kappa shape index (κ2) is 8.03. The number of aliphatic hydroxyl groups excluding tert-OH is 1. The van der Waals surface area contributed by atoms with Crippen LogP contribution in [0.3, 0.4) is 0 Å². The van der Waals surface area contributed by atoms with Gasteiger partial charge in [-0.3, -0.25) is 9.69 Å². The second-order valence-corrected chi connectivity index (χ2v) is 7.06. The van der Waals surface area contributed by atoms with Crippen LogP contribution in [-0.4, -0.2) is 59.9 Å². The van der Waals surface area contributed by atoms with E-state index in [0.29, 0.717) is 25.0 Å². The zero-order valence-corrected chi connectivity index (χ0v) is 16.1. The van der Waals surface area contributed by atoms with E-state index in [0.717, 1.165) is 11.8 Å². The van der Waals surface area contributed by atoms with Gasteiger partial charge in [-0.2, -0.15) is 13.2 Å². The van der Waals surface area contributed by atoms with Gasteiger partial charge in [0, 0.05) is 36.7 Å². The lowest BCUT2D eigenvalue weighted by atomic mass is 10.1. The van der Waals surface area contributed by atoms with Crippen molar-refractivity contribution < 1.29 is 27.8 Å². The standard InChI is InChI=1S/C19H23F3N4O3/c1-11-10-25(7-8-26(11)17(28)9-16(23)27)13-4-5-14(29-2)18-12(13)3-6-15(24-18)19(20,21)22/h3-6,11,17,28H,7-10H2,1-2H3,(H2,23,27)/t11-,17?/m0/s1. The predicted octanol–water partition coefficient (Wildman–Crippen LogP) is 1.97. The molecule has 158 valence electrons. The fraction of sp³-hybridized carbons (Fsp3) is 0.474. The Kier molecular flexibility index (Phi) is 5.85. The molecule has 2 heterocycles. The monoisotopic (exact) mass is 412 g/mol. The quantitative estimate of drug-likeness (QED) is 0.780. The molecule has 1 aliphatic rings. The number of primary amides is 1. The lowest BCUT2D eigenvalue weighted by Gasteiger charge is -2.43. The maximum absolute atomic E-state index is 13.1. The highest BCUT2D eigenvalue weighted by molar-refractivity contribution is 5.96. The topological polar surface area (TPSA) is 91.9 Å². The van der Waals surface area contributed by atoms with Gasteiger partial charge in [0.1, 0.15) is 23.2 Å². The number of benzene rings is 1. The minimum absolute atomic E-state index is 0.0994. The van der Waals surface area contributed by atoms with Crippen molar-refractivity contribution in [3.8, 4) is 5.75 Å². The number of rotatable bonds is 5. The van der Waals surface area contributed by atoms with E-state index in [9.17, 15) is 23.1 Å². The Morgan fingerprint density at radius 3 is 2.66 bits per heavy atom. The van der Waals surface area contributed by atoms with Gasteiger partial charge >= 0.3 is 6.18 Å². The summed E-state index contributed by atoms with van der Waals surface area (Å²) in [5, 5.41) is 10.7. The van der Waals surface area contributed by atoms with E-state index < -0.39 is 24.0 Å². The molecule has 1 amide bonds. The second-order valence-electron chi connectivity index (χ2n) is 7.06. The molecule has 1 aromatic carbocycles. The van der Waals surface area contributed by atoms with E-state index in [-0.39, 0.29) is 23.7 Å². The number of nitrogens with two attached hydrogens (primary N) is 1. The Balaban J connectivity index is 1.92. The number of alkyl halides is 3. The molecule has 29 heavy (non-hydrogen) atoms. The highest BCUT2D eigenvalue weighted by Gasteiger charge is 2.34. The number of aliphatic hydroxyl groups is 1. The fourth-order valence-electron chi connectivity index (χ4n) is 3.71. The van der Waals surface area contributed by atoms with Crippen molar-refractivity contribution in [2.24, 2.45) is 5.73 Å². The third-order valence-electron chi connectivity index (χ3n) is 5.09. The first kappa shape index (κ1) is 21.1. The van der Waals surface area contributed by atoms with Crippen LogP contribution in [0.5, 0.6) is 5.75 Å². The zero-order chi connectivity index (χ0) is 21.3. The molecule has 3 N–H and O–H groups in total. The number of piperazine rings is 1. The van der Waals surface area contributed by atoms with Gasteiger partial charge in [-0.1, -0.05) is 0 Å². The van der Waals surface area contributed by atoms with Crippen molar-refractivity contribution in [2.45, 2.75) is 31.8 Å². The minimum atomic E-state index is -4.55. The molecule has 1 aliphatic heterocycles. The van der Waals surface area contributed by atoms with Gasteiger partial charge in [0.05, 0.1) is 13.5 Å². The van der Waals surface area contributed by atoms with Gasteiger partial charge in [-0.15, -0.1) is 0 Å². The highest BCUT2D eigenvalue weighted by Crippen LogP contribution is 2.36. The van der Waals surface area contributed by atoms with Crippen LogP contribution >= 0.6 is 0 Å². The minimum Gasteiger partial charge on any atom is -0.494 e. The maximum atomic E-state index is 13.1. The summed E-state index contributed by atoms with van der Waals surface area (Å²) in [5.74, 6) is -0.321. The SMILES string of the molecule is COc1ccc(N2CCN(C(O)CC(N)=O)[C@@H](C)C2)c2ccc(C(F)(F)F)nc12. The summed E-state index contributed by atoms with van der Waals surface area (Å²) >= 11 is 0. The van der Waals surface area contributed by atoms with Crippen LogP contribution in [0.1, 0.15) is 19.0 Å². The number of amides is 1. The first-order chi connectivity index (χ1) is 13.6. The lowest BCUT2D eigenvalue weighted by molar-refractivity contribution is -0.141. The molecule has 1 fully saturated rings. The number of methoxy groups -OCH3 is 1. The van der Waals surface area contributed by atoms with Crippen LogP contribution in [0.25, 0.3) is 10.9 Å². The largest absolute Gasteiger partial charge is 0.494 e. The van der Waals surface area contributed by atoms with Crippen molar-refractivity contribution in [3.05, 3.63) is 30.0 Å². The number of ether oxygens (including phenoxy) is 1. The molecule has 0 aliphatic carbocycles. The van der Waals surface area contributed by atoms with E-state index in [1.165, 1.54) is 13.2 Å². The van der Waals surface area contributed by atoms with E-state index in [4.69, 9.17) is 10.5 Å². The van der Waals surface area contributed by atoms with Crippen molar-refractivity contribution >= 4 is 22.5 Å². The number of carbonyl (C=O) groups is 1. The summed E-state index contributed by atoms with van der Waals surface area (Å²) in [6.45, 7) is 3.40. The van der Waals surface area contributed by atoms with Gasteiger partial charge in [0.2, 0.25) is 5.91 Å².